The summed E-state index contributed by atoms with van der Waals surface area (Å²) in [6, 6.07) is 27.3. The van der Waals surface area contributed by atoms with E-state index in [9.17, 15) is 14.7 Å². The Balaban J connectivity index is 1.29. The Bertz CT molecular complexity index is 1540. The molecular formula is C30H24N4O4S3. The van der Waals surface area contributed by atoms with E-state index >= 15 is 0 Å². The molecule has 1 aromatic heterocycles. The number of aliphatic hydroxyl groups is 1. The van der Waals surface area contributed by atoms with E-state index in [-0.39, 0.29) is 11.0 Å². The van der Waals surface area contributed by atoms with Crippen LogP contribution in [0.1, 0.15) is 33.9 Å². The van der Waals surface area contributed by atoms with E-state index in [0.717, 1.165) is 16.7 Å². The number of carbonyl (C=O) groups excluding carboxylic acids is 2. The van der Waals surface area contributed by atoms with Crippen molar-refractivity contribution >= 4 is 57.8 Å². The van der Waals surface area contributed by atoms with Gasteiger partial charge in [-0.05, 0) is 28.9 Å². The van der Waals surface area contributed by atoms with E-state index in [0.29, 0.717) is 22.0 Å². The number of benzene rings is 3. The Labute approximate surface area is 250 Å². The Hall–Kier alpha value is -3.90. The number of nitrogens with zero attached hydrogens (tertiary/aromatic N) is 3. The molecule has 41 heavy (non-hydrogen) atoms. The molecule has 0 aliphatic carbocycles. The Kier molecular flexibility index (Phi) is 7.93. The van der Waals surface area contributed by atoms with Gasteiger partial charge >= 0.3 is 0 Å². The first-order chi connectivity index (χ1) is 20.0. The molecule has 3 heterocycles. The largest absolute Gasteiger partial charge is 0.469 e. The molecular weight excluding hydrogens is 577 g/mol. The number of thiocarbonyl (C=S) groups is 1. The monoisotopic (exact) mass is 600 g/mol. The molecule has 1 saturated heterocycles. The maximum Gasteiger partial charge on any atom is 0.254 e. The van der Waals surface area contributed by atoms with E-state index in [1.165, 1.54) is 23.1 Å². The highest BCUT2D eigenvalue weighted by atomic mass is 32.2. The van der Waals surface area contributed by atoms with Gasteiger partial charge in [-0.25, -0.2) is 0 Å². The third-order valence-electron chi connectivity index (χ3n) is 6.87. The number of thioether (sulfide) groups is 1. The molecule has 0 saturated carbocycles. The third kappa shape index (κ3) is 5.41. The topological polar surface area (TPSA) is 105 Å². The van der Waals surface area contributed by atoms with Gasteiger partial charge in [0.25, 0.3) is 11.8 Å². The molecule has 206 valence electrons. The summed E-state index contributed by atoms with van der Waals surface area (Å²) in [6.45, 7) is 0. The number of rotatable bonds is 8. The summed E-state index contributed by atoms with van der Waals surface area (Å²) >= 11 is 8.74. The van der Waals surface area contributed by atoms with Gasteiger partial charge in [0.2, 0.25) is 5.05 Å². The van der Waals surface area contributed by atoms with Crippen molar-refractivity contribution < 1.29 is 19.4 Å². The molecule has 11 heteroatoms. The van der Waals surface area contributed by atoms with Crippen molar-refractivity contribution in [2.45, 2.75) is 23.6 Å². The van der Waals surface area contributed by atoms with Crippen LogP contribution in [0.3, 0.4) is 0 Å². The van der Waals surface area contributed by atoms with Crippen LogP contribution < -0.4 is 5.32 Å². The van der Waals surface area contributed by atoms with Crippen molar-refractivity contribution in [3.05, 3.63) is 124 Å². The summed E-state index contributed by atoms with van der Waals surface area (Å²) in [4.78, 5) is 28.0. The van der Waals surface area contributed by atoms with Gasteiger partial charge in [-0.1, -0.05) is 91.0 Å². The molecule has 0 radical (unpaired) electrons. The van der Waals surface area contributed by atoms with Gasteiger partial charge in [-0.3, -0.25) is 14.5 Å². The molecule has 2 amide bonds. The van der Waals surface area contributed by atoms with Gasteiger partial charge in [0.1, 0.15) is 33.7 Å². The second kappa shape index (κ2) is 11.9. The summed E-state index contributed by atoms with van der Waals surface area (Å²) in [5.41, 5.74) is 5.11. The predicted octanol–water partition coefficient (Wildman–Crippen LogP) is 4.52. The second-order valence-electron chi connectivity index (χ2n) is 9.39. The lowest BCUT2D eigenvalue weighted by molar-refractivity contribution is -0.147. The number of ether oxygens (including phenoxy) is 1. The summed E-state index contributed by atoms with van der Waals surface area (Å²) in [7, 11) is 0. The number of hydrogen-bond acceptors (Lipinski definition) is 9. The molecule has 3 atom stereocenters. The van der Waals surface area contributed by atoms with Crippen LogP contribution in [0.5, 0.6) is 0 Å². The molecule has 6 rings (SSSR count). The zero-order valence-electron chi connectivity index (χ0n) is 21.5. The quantitative estimate of drug-likeness (QED) is 0.225. The molecule has 4 aromatic rings. The van der Waals surface area contributed by atoms with Crippen LogP contribution in [0, 0.1) is 0 Å². The maximum absolute atomic E-state index is 13.6. The number of nitrogens with one attached hydrogen (secondary N) is 1. The van der Waals surface area contributed by atoms with Crippen LogP contribution >= 0.6 is 35.3 Å². The minimum absolute atomic E-state index is 0.153. The lowest BCUT2D eigenvalue weighted by Crippen LogP contribution is -2.70. The zero-order chi connectivity index (χ0) is 28.3. The average Bonchev–Trinajstić information content (AvgIpc) is 3.57. The van der Waals surface area contributed by atoms with Crippen molar-refractivity contribution in [2.75, 3.05) is 5.75 Å². The fraction of sp³-hybridized carbons (Fsp3) is 0.167. The van der Waals surface area contributed by atoms with E-state index < -0.39 is 29.5 Å². The maximum atomic E-state index is 13.6. The average molecular weight is 601 g/mol. The molecule has 3 aromatic carbocycles. The molecule has 0 spiro atoms. The normalized spacial score (nSPS) is 18.9. The van der Waals surface area contributed by atoms with Crippen LogP contribution in [0.2, 0.25) is 0 Å². The van der Waals surface area contributed by atoms with Crippen LogP contribution in [-0.4, -0.2) is 54.2 Å². The van der Waals surface area contributed by atoms with E-state index in [1.54, 1.807) is 40.7 Å². The lowest BCUT2D eigenvalue weighted by atomic mass is 10.0. The van der Waals surface area contributed by atoms with Crippen LogP contribution in [-0.2, 0) is 14.3 Å². The molecule has 0 unspecified atom stereocenters. The van der Waals surface area contributed by atoms with Gasteiger partial charge in [-0.2, -0.15) is 0 Å². The van der Waals surface area contributed by atoms with Crippen molar-refractivity contribution in [3.8, 4) is 0 Å². The molecule has 2 N–H and O–H groups in total. The van der Waals surface area contributed by atoms with Crippen molar-refractivity contribution in [3.63, 3.8) is 0 Å². The van der Waals surface area contributed by atoms with Crippen molar-refractivity contribution in [1.29, 1.82) is 0 Å². The number of fused-ring (bicyclic) bond motifs is 1. The number of amides is 2. The summed E-state index contributed by atoms with van der Waals surface area (Å²) in [5, 5.41) is 21.9. The summed E-state index contributed by atoms with van der Waals surface area (Å²) in [5.74, 6) is -0.491. The number of hydrogen-bond donors (Lipinski definition) is 2. The highest BCUT2D eigenvalue weighted by Gasteiger charge is 2.54. The van der Waals surface area contributed by atoms with E-state index in [1.807, 2.05) is 60.7 Å². The molecule has 0 bridgehead atoms. The van der Waals surface area contributed by atoms with Crippen LogP contribution in [0.15, 0.2) is 102 Å². The summed E-state index contributed by atoms with van der Waals surface area (Å²) < 4.78 is 6.50. The molecule has 1 fully saturated rings. The third-order valence-corrected chi connectivity index (χ3v) is 9.19. The van der Waals surface area contributed by atoms with Gasteiger partial charge in [0, 0.05) is 11.3 Å². The van der Waals surface area contributed by atoms with E-state index in [2.05, 4.69) is 15.5 Å². The molecule has 8 nitrogen and oxygen atoms in total. The van der Waals surface area contributed by atoms with Gasteiger partial charge in [-0.15, -0.1) is 33.3 Å². The SMILES string of the molecule is O=C(N[C@@H]1C(=O)N2C(C(=S)OC(c3ccccc3)c3ccccc3)=C(c3nncs3)CS[C@H]12)[C@H](O)c1ccccc1. The molecule has 2 aliphatic heterocycles. The number of aliphatic hydroxyl groups excluding tert-OH is 1. The molecule has 2 aliphatic rings. The number of aromatic nitrogens is 2. The first kappa shape index (κ1) is 27.3. The highest BCUT2D eigenvalue weighted by molar-refractivity contribution is 8.00. The van der Waals surface area contributed by atoms with E-state index in [4.69, 9.17) is 17.0 Å². The minimum atomic E-state index is -1.39. The minimum Gasteiger partial charge on any atom is -0.469 e. The Morgan fingerprint density at radius 1 is 0.976 bits per heavy atom. The van der Waals surface area contributed by atoms with Gasteiger partial charge < -0.3 is 15.2 Å². The lowest BCUT2D eigenvalue weighted by Gasteiger charge is -2.50. The first-order valence-corrected chi connectivity index (χ1v) is 15.1. The Morgan fingerprint density at radius 2 is 1.56 bits per heavy atom. The summed E-state index contributed by atoms with van der Waals surface area (Å²) in [6.07, 6.45) is -1.89. The smallest absolute Gasteiger partial charge is 0.254 e. The standard InChI is InChI=1S/C30H24N4O4S3/c35-24(18-10-4-1-5-11-18)26(36)32-22-28(37)34-23(21(16-40-29(22)34)27-33-31-17-41-27)30(39)38-25(19-12-6-2-7-13-19)20-14-8-3-9-15-20/h1-15,17,22,24-25,29,35H,16H2,(H,32,36)/t22-,24-,29-/m1/s1. The van der Waals surface area contributed by atoms with Crippen LogP contribution in [0.25, 0.3) is 5.57 Å². The van der Waals surface area contributed by atoms with Gasteiger partial charge in [0.05, 0.1) is 0 Å². The first-order valence-electron chi connectivity index (χ1n) is 12.8. The number of β-lactam (4-membered cyclic amide) rings is 1. The van der Waals surface area contributed by atoms with Crippen LogP contribution in [0.4, 0.5) is 0 Å². The second-order valence-corrected chi connectivity index (χ2v) is 11.7. The van der Waals surface area contributed by atoms with Gasteiger partial charge in [0.15, 0.2) is 6.10 Å². The number of carbonyl (C=O) groups is 2. The predicted molar refractivity (Wildman–Crippen MR) is 162 cm³/mol. The fourth-order valence-corrected chi connectivity index (χ4v) is 7.20. The van der Waals surface area contributed by atoms with Crippen molar-refractivity contribution in [1.82, 2.24) is 20.4 Å². The fourth-order valence-electron chi connectivity index (χ4n) is 4.84. The highest BCUT2D eigenvalue weighted by Crippen LogP contribution is 2.45. The Morgan fingerprint density at radius 3 is 2.12 bits per heavy atom. The van der Waals surface area contributed by atoms with Crippen molar-refractivity contribution in [2.24, 2.45) is 0 Å². The zero-order valence-corrected chi connectivity index (χ0v) is 23.9.